The molecule has 1 unspecified atom stereocenters. The van der Waals surface area contributed by atoms with Crippen molar-refractivity contribution < 1.29 is 29.7 Å². The minimum atomic E-state index is -1.75. The van der Waals surface area contributed by atoms with E-state index in [0.717, 1.165) is 16.5 Å². The Morgan fingerprint density at radius 3 is 2.52 bits per heavy atom. The van der Waals surface area contributed by atoms with E-state index in [4.69, 9.17) is 5.11 Å². The number of rotatable bonds is 8. The Kier molecular flexibility index (Phi) is 5.43. The highest BCUT2D eigenvalue weighted by Gasteiger charge is 2.30. The van der Waals surface area contributed by atoms with E-state index in [1.165, 1.54) is 6.92 Å². The lowest BCUT2D eigenvalue weighted by molar-refractivity contribution is -0.145. The number of carboxylic acids is 2. The molecule has 0 saturated carbocycles. The third kappa shape index (κ3) is 5.05. The fourth-order valence-corrected chi connectivity index (χ4v) is 2.70. The van der Waals surface area contributed by atoms with Crippen LogP contribution < -0.4 is 5.32 Å². The number of nitrogens with one attached hydrogen (secondary N) is 2. The molecule has 0 radical (unpaired) electrons. The number of aliphatic hydroxyl groups is 1. The number of H-pyrrole nitrogens is 1. The summed E-state index contributed by atoms with van der Waals surface area (Å²) in [5.74, 6) is -3.18. The minimum Gasteiger partial charge on any atom is -0.481 e. The summed E-state index contributed by atoms with van der Waals surface area (Å²) in [5, 5.41) is 31.2. The fraction of sp³-hybridized carbons (Fsp3) is 0.353. The van der Waals surface area contributed by atoms with Crippen molar-refractivity contribution in [1.82, 2.24) is 10.3 Å². The van der Waals surface area contributed by atoms with Crippen LogP contribution >= 0.6 is 0 Å². The smallest absolute Gasteiger partial charge is 0.326 e. The van der Waals surface area contributed by atoms with E-state index in [1.807, 2.05) is 24.3 Å². The topological polar surface area (TPSA) is 140 Å². The van der Waals surface area contributed by atoms with Gasteiger partial charge in [-0.25, -0.2) is 4.79 Å². The number of aliphatic carboxylic acids is 2. The molecule has 0 aliphatic heterocycles. The van der Waals surface area contributed by atoms with Gasteiger partial charge >= 0.3 is 11.9 Å². The zero-order valence-electron chi connectivity index (χ0n) is 13.7. The van der Waals surface area contributed by atoms with Crippen LogP contribution in [0.15, 0.2) is 30.5 Å². The lowest BCUT2D eigenvalue weighted by Gasteiger charge is -2.22. The van der Waals surface area contributed by atoms with Crippen LogP contribution in [0.5, 0.6) is 0 Å². The van der Waals surface area contributed by atoms with Crippen molar-refractivity contribution in [3.63, 3.8) is 0 Å². The summed E-state index contributed by atoms with van der Waals surface area (Å²) in [6, 6.07) is 6.20. The second kappa shape index (κ2) is 7.35. The summed E-state index contributed by atoms with van der Waals surface area (Å²) in [6.45, 7) is 1.22. The molecule has 1 heterocycles. The highest BCUT2D eigenvalue weighted by Crippen LogP contribution is 2.20. The molecule has 2 rings (SSSR count). The number of hydrogen-bond acceptors (Lipinski definition) is 4. The average molecular weight is 348 g/mol. The highest BCUT2D eigenvalue weighted by molar-refractivity contribution is 5.87. The molecular weight excluding hydrogens is 328 g/mol. The maximum atomic E-state index is 12.0. The van der Waals surface area contributed by atoms with Gasteiger partial charge in [-0.15, -0.1) is 0 Å². The van der Waals surface area contributed by atoms with Gasteiger partial charge in [0, 0.05) is 23.5 Å². The van der Waals surface area contributed by atoms with Crippen LogP contribution in [0.1, 0.15) is 25.3 Å². The molecule has 0 spiro atoms. The van der Waals surface area contributed by atoms with Gasteiger partial charge in [0.2, 0.25) is 5.91 Å². The Morgan fingerprint density at radius 1 is 1.20 bits per heavy atom. The fourth-order valence-electron chi connectivity index (χ4n) is 2.70. The first-order valence-electron chi connectivity index (χ1n) is 7.69. The first kappa shape index (κ1) is 18.5. The van der Waals surface area contributed by atoms with E-state index in [1.54, 1.807) is 6.20 Å². The second-order valence-corrected chi connectivity index (χ2v) is 6.27. The number of para-hydroxylation sites is 1. The molecule has 5 N–H and O–H groups in total. The normalized spacial score (nSPS) is 14.6. The van der Waals surface area contributed by atoms with E-state index in [-0.39, 0.29) is 6.42 Å². The lowest BCUT2D eigenvalue weighted by Crippen LogP contribution is -2.45. The van der Waals surface area contributed by atoms with Gasteiger partial charge in [0.05, 0.1) is 18.4 Å². The van der Waals surface area contributed by atoms with E-state index < -0.39 is 42.3 Å². The van der Waals surface area contributed by atoms with Crippen molar-refractivity contribution in [2.75, 3.05) is 0 Å². The van der Waals surface area contributed by atoms with E-state index >= 15 is 0 Å². The minimum absolute atomic E-state index is 0.0617. The molecule has 0 saturated heterocycles. The van der Waals surface area contributed by atoms with E-state index in [9.17, 15) is 24.6 Å². The van der Waals surface area contributed by atoms with Crippen LogP contribution in [0.3, 0.4) is 0 Å². The molecule has 2 aromatic rings. The molecule has 1 aromatic carbocycles. The zero-order chi connectivity index (χ0) is 18.6. The number of aromatic nitrogens is 1. The molecule has 0 fully saturated rings. The number of benzene rings is 1. The Balaban J connectivity index is 2.07. The van der Waals surface area contributed by atoms with Crippen molar-refractivity contribution >= 4 is 28.7 Å². The van der Waals surface area contributed by atoms with Gasteiger partial charge in [-0.2, -0.15) is 0 Å². The Morgan fingerprint density at radius 2 is 1.88 bits per heavy atom. The van der Waals surface area contributed by atoms with Crippen LogP contribution in [0.25, 0.3) is 10.9 Å². The Hall–Kier alpha value is -2.87. The second-order valence-electron chi connectivity index (χ2n) is 6.27. The van der Waals surface area contributed by atoms with Crippen molar-refractivity contribution in [3.05, 3.63) is 36.0 Å². The summed E-state index contributed by atoms with van der Waals surface area (Å²) in [4.78, 5) is 37.2. The van der Waals surface area contributed by atoms with Gasteiger partial charge in [-0.3, -0.25) is 9.59 Å². The van der Waals surface area contributed by atoms with Crippen LogP contribution in [0, 0.1) is 0 Å². The van der Waals surface area contributed by atoms with Gasteiger partial charge in [0.15, 0.2) is 0 Å². The first-order chi connectivity index (χ1) is 11.7. The van der Waals surface area contributed by atoms with Gasteiger partial charge in [-0.05, 0) is 18.6 Å². The molecule has 0 bridgehead atoms. The number of amides is 1. The molecule has 8 heteroatoms. The summed E-state index contributed by atoms with van der Waals surface area (Å²) in [7, 11) is 0. The van der Waals surface area contributed by atoms with Crippen molar-refractivity contribution in [2.24, 2.45) is 0 Å². The van der Waals surface area contributed by atoms with Crippen molar-refractivity contribution in [3.8, 4) is 0 Å². The third-order valence-corrected chi connectivity index (χ3v) is 3.81. The largest absolute Gasteiger partial charge is 0.481 e. The third-order valence-electron chi connectivity index (χ3n) is 3.81. The molecule has 1 aromatic heterocycles. The molecule has 8 nitrogen and oxygen atoms in total. The number of carbonyl (C=O) groups excluding carboxylic acids is 1. The molecular formula is C17H20N2O6. The van der Waals surface area contributed by atoms with Crippen molar-refractivity contribution in [1.29, 1.82) is 0 Å². The van der Waals surface area contributed by atoms with Crippen LogP contribution in [-0.4, -0.2) is 49.8 Å². The molecule has 134 valence electrons. The number of carboxylic acid groups (broad SMARTS) is 2. The van der Waals surface area contributed by atoms with E-state index in [2.05, 4.69) is 10.3 Å². The predicted molar refractivity (Wildman–Crippen MR) is 89.1 cm³/mol. The SMILES string of the molecule is CC(O)(CC(=O)O)CC(=O)N[C@@H](Cc1c[nH]c2ccccc12)C(=O)O. The number of hydrogen-bond donors (Lipinski definition) is 5. The number of aromatic amines is 1. The zero-order valence-corrected chi connectivity index (χ0v) is 13.7. The van der Waals surface area contributed by atoms with Crippen LogP contribution in [0.4, 0.5) is 0 Å². The molecule has 0 aliphatic rings. The van der Waals surface area contributed by atoms with E-state index in [0.29, 0.717) is 0 Å². The molecule has 2 atom stereocenters. The highest BCUT2D eigenvalue weighted by atomic mass is 16.4. The number of fused-ring (bicyclic) bond motifs is 1. The quantitative estimate of drug-likeness (QED) is 0.480. The average Bonchev–Trinajstić information content (AvgIpc) is 2.87. The molecule has 25 heavy (non-hydrogen) atoms. The van der Waals surface area contributed by atoms with Crippen LogP contribution in [-0.2, 0) is 20.8 Å². The Bertz CT molecular complexity index is 795. The first-order valence-corrected chi connectivity index (χ1v) is 7.69. The van der Waals surface area contributed by atoms with Gasteiger partial charge in [0.1, 0.15) is 6.04 Å². The molecule has 0 aliphatic carbocycles. The van der Waals surface area contributed by atoms with Gasteiger partial charge in [-0.1, -0.05) is 18.2 Å². The number of carbonyl (C=O) groups is 3. The van der Waals surface area contributed by atoms with Crippen LogP contribution in [0.2, 0.25) is 0 Å². The maximum Gasteiger partial charge on any atom is 0.326 e. The summed E-state index contributed by atoms with van der Waals surface area (Å²) in [6.07, 6.45) is 0.636. The lowest BCUT2D eigenvalue weighted by atomic mass is 9.97. The molecule has 1 amide bonds. The Labute approximate surface area is 143 Å². The standard InChI is InChI=1S/C17H20N2O6/c1-17(25,8-15(21)22)7-14(20)19-13(16(23)24)6-10-9-18-12-5-3-2-4-11(10)12/h2-5,9,13,18,25H,6-8H2,1H3,(H,19,20)(H,21,22)(H,23,24)/t13-,17?/m0/s1. The predicted octanol–water partition coefficient (Wildman–Crippen LogP) is 0.896. The monoisotopic (exact) mass is 348 g/mol. The summed E-state index contributed by atoms with van der Waals surface area (Å²) >= 11 is 0. The summed E-state index contributed by atoms with van der Waals surface area (Å²) in [5.41, 5.74) is -0.155. The maximum absolute atomic E-state index is 12.0. The summed E-state index contributed by atoms with van der Waals surface area (Å²) < 4.78 is 0. The van der Waals surface area contributed by atoms with Gasteiger partial charge in [0.25, 0.3) is 0 Å². The van der Waals surface area contributed by atoms with Crippen molar-refractivity contribution in [2.45, 2.75) is 37.8 Å². The van der Waals surface area contributed by atoms with Gasteiger partial charge < -0.3 is 25.6 Å².